The van der Waals surface area contributed by atoms with E-state index in [0.29, 0.717) is 5.92 Å². The standard InChI is InChI=1S/C14H14N4/c1-9(2)13-16-7-12(8-17-13)11-5-10-3-4-15-14(10)18-6-11/h3-9H,1-2H3,(H,15,18). The average molecular weight is 238 g/mol. The molecule has 3 heterocycles. The zero-order valence-electron chi connectivity index (χ0n) is 10.4. The summed E-state index contributed by atoms with van der Waals surface area (Å²) in [6.45, 7) is 4.17. The van der Waals surface area contributed by atoms with Crippen LogP contribution >= 0.6 is 0 Å². The van der Waals surface area contributed by atoms with Gasteiger partial charge in [0.1, 0.15) is 11.5 Å². The molecule has 18 heavy (non-hydrogen) atoms. The van der Waals surface area contributed by atoms with E-state index in [1.807, 2.05) is 30.9 Å². The Balaban J connectivity index is 2.02. The Bertz CT molecular complexity index is 668. The molecule has 0 atom stereocenters. The summed E-state index contributed by atoms with van der Waals surface area (Å²) >= 11 is 0. The molecular weight excluding hydrogens is 224 g/mol. The normalized spacial score (nSPS) is 11.3. The molecular formula is C14H14N4. The molecule has 0 fully saturated rings. The van der Waals surface area contributed by atoms with E-state index in [9.17, 15) is 0 Å². The molecule has 0 spiro atoms. The molecule has 3 aromatic heterocycles. The fourth-order valence-electron chi connectivity index (χ4n) is 1.88. The Morgan fingerprint density at radius 3 is 2.44 bits per heavy atom. The first kappa shape index (κ1) is 10.9. The first-order chi connectivity index (χ1) is 8.74. The Morgan fingerprint density at radius 2 is 1.72 bits per heavy atom. The van der Waals surface area contributed by atoms with Crippen molar-refractivity contribution in [3.63, 3.8) is 0 Å². The lowest BCUT2D eigenvalue weighted by atomic mass is 10.1. The van der Waals surface area contributed by atoms with Crippen LogP contribution in [0.3, 0.4) is 0 Å². The van der Waals surface area contributed by atoms with Crippen LogP contribution in [0.15, 0.2) is 36.9 Å². The van der Waals surface area contributed by atoms with Crippen LogP contribution in [0.25, 0.3) is 22.2 Å². The molecule has 3 rings (SSSR count). The van der Waals surface area contributed by atoms with Crippen molar-refractivity contribution in [3.8, 4) is 11.1 Å². The molecule has 0 aliphatic carbocycles. The van der Waals surface area contributed by atoms with Crippen LogP contribution in [-0.2, 0) is 0 Å². The molecule has 0 aliphatic heterocycles. The molecule has 0 bridgehead atoms. The fourth-order valence-corrected chi connectivity index (χ4v) is 1.88. The van der Waals surface area contributed by atoms with Gasteiger partial charge in [-0.15, -0.1) is 0 Å². The van der Waals surface area contributed by atoms with E-state index in [1.54, 1.807) is 0 Å². The third kappa shape index (κ3) is 1.86. The van der Waals surface area contributed by atoms with Crippen LogP contribution in [-0.4, -0.2) is 19.9 Å². The summed E-state index contributed by atoms with van der Waals surface area (Å²) in [5.74, 6) is 1.22. The number of fused-ring (bicyclic) bond motifs is 1. The number of hydrogen-bond acceptors (Lipinski definition) is 3. The van der Waals surface area contributed by atoms with Crippen molar-refractivity contribution in [1.29, 1.82) is 0 Å². The summed E-state index contributed by atoms with van der Waals surface area (Å²) in [7, 11) is 0. The summed E-state index contributed by atoms with van der Waals surface area (Å²) in [4.78, 5) is 16.2. The number of nitrogens with zero attached hydrogens (tertiary/aromatic N) is 3. The Labute approximate surface area is 105 Å². The Kier molecular flexibility index (Phi) is 2.55. The van der Waals surface area contributed by atoms with Crippen molar-refractivity contribution < 1.29 is 0 Å². The van der Waals surface area contributed by atoms with Crippen molar-refractivity contribution in [2.75, 3.05) is 0 Å². The largest absolute Gasteiger partial charge is 0.346 e. The van der Waals surface area contributed by atoms with Gasteiger partial charge >= 0.3 is 0 Å². The zero-order valence-corrected chi connectivity index (χ0v) is 10.4. The minimum Gasteiger partial charge on any atom is -0.346 e. The molecule has 0 amide bonds. The summed E-state index contributed by atoms with van der Waals surface area (Å²) < 4.78 is 0. The zero-order chi connectivity index (χ0) is 12.5. The van der Waals surface area contributed by atoms with Gasteiger partial charge in [-0.05, 0) is 12.1 Å². The van der Waals surface area contributed by atoms with Crippen molar-refractivity contribution in [2.24, 2.45) is 0 Å². The molecule has 0 saturated carbocycles. The van der Waals surface area contributed by atoms with Gasteiger partial charge in [-0.1, -0.05) is 13.8 Å². The Morgan fingerprint density at radius 1 is 1.00 bits per heavy atom. The summed E-state index contributed by atoms with van der Waals surface area (Å²) in [5.41, 5.74) is 2.94. The third-order valence-corrected chi connectivity index (χ3v) is 2.92. The second-order valence-corrected chi connectivity index (χ2v) is 4.62. The maximum atomic E-state index is 4.38. The van der Waals surface area contributed by atoms with Crippen LogP contribution in [0.5, 0.6) is 0 Å². The van der Waals surface area contributed by atoms with Gasteiger partial charge < -0.3 is 4.98 Å². The molecule has 0 aromatic carbocycles. The van der Waals surface area contributed by atoms with E-state index >= 15 is 0 Å². The van der Waals surface area contributed by atoms with Crippen LogP contribution < -0.4 is 0 Å². The monoisotopic (exact) mass is 238 g/mol. The van der Waals surface area contributed by atoms with E-state index in [4.69, 9.17) is 0 Å². The lowest BCUT2D eigenvalue weighted by Crippen LogP contribution is -1.96. The second-order valence-electron chi connectivity index (χ2n) is 4.62. The van der Waals surface area contributed by atoms with E-state index in [1.165, 1.54) is 0 Å². The molecule has 1 N–H and O–H groups in total. The first-order valence-electron chi connectivity index (χ1n) is 5.99. The molecule has 0 radical (unpaired) electrons. The topological polar surface area (TPSA) is 54.5 Å². The van der Waals surface area contributed by atoms with Gasteiger partial charge in [0.2, 0.25) is 0 Å². The molecule has 90 valence electrons. The SMILES string of the molecule is CC(C)c1ncc(-c2cnc3[nH]ccc3c2)cn1. The number of hydrogen-bond donors (Lipinski definition) is 1. The maximum Gasteiger partial charge on any atom is 0.137 e. The number of H-pyrrole nitrogens is 1. The van der Waals surface area contributed by atoms with E-state index in [-0.39, 0.29) is 0 Å². The highest BCUT2D eigenvalue weighted by Gasteiger charge is 2.05. The van der Waals surface area contributed by atoms with Crippen molar-refractivity contribution in [2.45, 2.75) is 19.8 Å². The van der Waals surface area contributed by atoms with Crippen LogP contribution in [0.1, 0.15) is 25.6 Å². The fraction of sp³-hybridized carbons (Fsp3) is 0.214. The molecule has 3 aromatic rings. The number of aromatic amines is 1. The number of nitrogens with one attached hydrogen (secondary N) is 1. The molecule has 4 heteroatoms. The smallest absolute Gasteiger partial charge is 0.137 e. The van der Waals surface area contributed by atoms with Crippen molar-refractivity contribution in [3.05, 3.63) is 42.7 Å². The van der Waals surface area contributed by atoms with E-state index in [0.717, 1.165) is 28.0 Å². The van der Waals surface area contributed by atoms with Crippen LogP contribution in [0, 0.1) is 0 Å². The lowest BCUT2D eigenvalue weighted by Gasteiger charge is -2.04. The van der Waals surface area contributed by atoms with Gasteiger partial charge in [-0.3, -0.25) is 0 Å². The van der Waals surface area contributed by atoms with Crippen LogP contribution in [0.2, 0.25) is 0 Å². The summed E-state index contributed by atoms with van der Waals surface area (Å²) in [5, 5.41) is 1.10. The number of aromatic nitrogens is 4. The minimum absolute atomic E-state index is 0.351. The summed E-state index contributed by atoms with van der Waals surface area (Å²) in [6, 6.07) is 4.10. The quantitative estimate of drug-likeness (QED) is 0.746. The Hall–Kier alpha value is -2.23. The van der Waals surface area contributed by atoms with E-state index in [2.05, 4.69) is 39.8 Å². The highest BCUT2D eigenvalue weighted by atomic mass is 14.9. The van der Waals surface area contributed by atoms with Crippen LogP contribution in [0.4, 0.5) is 0 Å². The maximum absolute atomic E-state index is 4.38. The van der Waals surface area contributed by atoms with Crippen molar-refractivity contribution in [1.82, 2.24) is 19.9 Å². The van der Waals surface area contributed by atoms with Gasteiger partial charge in [0.05, 0.1) is 0 Å². The molecule has 0 aliphatic rings. The molecule has 0 saturated heterocycles. The predicted octanol–water partition coefficient (Wildman–Crippen LogP) is 3.14. The summed E-state index contributed by atoms with van der Waals surface area (Å²) in [6.07, 6.45) is 7.45. The third-order valence-electron chi connectivity index (χ3n) is 2.92. The van der Waals surface area contributed by atoms with E-state index < -0.39 is 0 Å². The minimum atomic E-state index is 0.351. The van der Waals surface area contributed by atoms with Gasteiger partial charge in [0, 0.05) is 47.2 Å². The average Bonchev–Trinajstić information content (AvgIpc) is 2.86. The van der Waals surface area contributed by atoms with Gasteiger partial charge in [0.15, 0.2) is 0 Å². The van der Waals surface area contributed by atoms with Gasteiger partial charge in [-0.25, -0.2) is 15.0 Å². The first-order valence-corrected chi connectivity index (χ1v) is 5.99. The highest BCUT2D eigenvalue weighted by Crippen LogP contribution is 2.21. The predicted molar refractivity (Wildman–Crippen MR) is 71.2 cm³/mol. The lowest BCUT2D eigenvalue weighted by molar-refractivity contribution is 0.775. The number of rotatable bonds is 2. The molecule has 0 unspecified atom stereocenters. The second kappa shape index (κ2) is 4.22. The van der Waals surface area contributed by atoms with Crippen molar-refractivity contribution >= 4 is 11.0 Å². The van der Waals surface area contributed by atoms with Gasteiger partial charge in [0.25, 0.3) is 0 Å². The highest BCUT2D eigenvalue weighted by molar-refractivity contribution is 5.80. The number of pyridine rings is 1. The van der Waals surface area contributed by atoms with Gasteiger partial charge in [-0.2, -0.15) is 0 Å². The molecule has 4 nitrogen and oxygen atoms in total.